The largest absolute Gasteiger partial charge is 0.446 e. The highest BCUT2D eigenvalue weighted by Gasteiger charge is 2.30. The van der Waals surface area contributed by atoms with Gasteiger partial charge in [0.15, 0.2) is 0 Å². The lowest BCUT2D eigenvalue weighted by Crippen LogP contribution is -2.11. The number of hydrogen-bond acceptors (Lipinski definition) is 2. The van der Waals surface area contributed by atoms with Crippen LogP contribution < -0.4 is 5.32 Å². The summed E-state index contributed by atoms with van der Waals surface area (Å²) in [6.07, 6.45) is 0. The number of alkyl halides is 3. The van der Waals surface area contributed by atoms with Crippen LogP contribution in [0.25, 0.3) is 0 Å². The van der Waals surface area contributed by atoms with Gasteiger partial charge in [-0.3, -0.25) is 0 Å². The van der Waals surface area contributed by atoms with Gasteiger partial charge in [-0.25, -0.2) is 0 Å². The second-order valence-electron chi connectivity index (χ2n) is 3.34. The molecule has 0 unspecified atom stereocenters. The van der Waals surface area contributed by atoms with Crippen LogP contribution in [0.15, 0.2) is 29.2 Å². The van der Waals surface area contributed by atoms with Crippen molar-refractivity contribution < 1.29 is 13.2 Å². The fourth-order valence-corrected chi connectivity index (χ4v) is 1.74. The van der Waals surface area contributed by atoms with Crippen molar-refractivity contribution in [3.8, 4) is 0 Å². The maximum atomic E-state index is 12.2. The highest BCUT2D eigenvalue weighted by molar-refractivity contribution is 8.00. The van der Waals surface area contributed by atoms with Gasteiger partial charge in [-0.05, 0) is 37.7 Å². The predicted octanol–water partition coefficient (Wildman–Crippen LogP) is 4.12. The van der Waals surface area contributed by atoms with Gasteiger partial charge >= 0.3 is 5.51 Å². The molecule has 0 aliphatic rings. The number of thioether (sulfide) groups is 1. The van der Waals surface area contributed by atoms with Gasteiger partial charge in [-0.1, -0.05) is 12.1 Å². The second kappa shape index (κ2) is 4.79. The van der Waals surface area contributed by atoms with Crippen molar-refractivity contribution in [1.29, 1.82) is 0 Å². The highest BCUT2D eigenvalue weighted by Crippen LogP contribution is 2.40. The van der Waals surface area contributed by atoms with E-state index >= 15 is 0 Å². The van der Waals surface area contributed by atoms with Crippen molar-refractivity contribution in [2.75, 3.05) is 5.32 Å². The standard InChI is InChI=1S/C10H12F3NS/c1-7(2)14-8-5-3-4-6-9(8)15-10(11,12)13/h3-7,14H,1-2H3. The van der Waals surface area contributed by atoms with Crippen LogP contribution in [0.1, 0.15) is 13.8 Å². The van der Waals surface area contributed by atoms with E-state index in [1.54, 1.807) is 18.2 Å². The average molecular weight is 235 g/mol. The first-order chi connectivity index (χ1) is 6.88. The van der Waals surface area contributed by atoms with Gasteiger partial charge in [0, 0.05) is 16.6 Å². The van der Waals surface area contributed by atoms with Crippen molar-refractivity contribution in [2.45, 2.75) is 30.3 Å². The normalized spacial score (nSPS) is 11.9. The van der Waals surface area contributed by atoms with Crippen molar-refractivity contribution in [3.05, 3.63) is 24.3 Å². The van der Waals surface area contributed by atoms with Crippen molar-refractivity contribution in [3.63, 3.8) is 0 Å². The number of halogens is 3. The molecule has 1 aromatic carbocycles. The van der Waals surface area contributed by atoms with Gasteiger partial charge < -0.3 is 5.32 Å². The Labute approximate surface area is 91.1 Å². The molecule has 1 N–H and O–H groups in total. The molecule has 0 aliphatic heterocycles. The maximum Gasteiger partial charge on any atom is 0.446 e. The molecule has 0 spiro atoms. The van der Waals surface area contributed by atoms with Gasteiger partial charge in [0.1, 0.15) is 0 Å². The third kappa shape index (κ3) is 4.46. The van der Waals surface area contributed by atoms with Crippen molar-refractivity contribution in [1.82, 2.24) is 0 Å². The van der Waals surface area contributed by atoms with E-state index in [1.807, 2.05) is 13.8 Å². The zero-order valence-corrected chi connectivity index (χ0v) is 9.25. The van der Waals surface area contributed by atoms with E-state index in [-0.39, 0.29) is 22.7 Å². The molecule has 0 atom stereocenters. The van der Waals surface area contributed by atoms with Crippen LogP contribution in [0, 0.1) is 0 Å². The fraction of sp³-hybridized carbons (Fsp3) is 0.400. The molecule has 0 amide bonds. The lowest BCUT2D eigenvalue weighted by molar-refractivity contribution is -0.0327. The number of hydrogen-bond donors (Lipinski definition) is 1. The first kappa shape index (κ1) is 12.2. The van der Waals surface area contributed by atoms with Gasteiger partial charge in [-0.15, -0.1) is 0 Å². The molecule has 0 saturated carbocycles. The van der Waals surface area contributed by atoms with E-state index in [2.05, 4.69) is 5.32 Å². The quantitative estimate of drug-likeness (QED) is 0.791. The zero-order valence-electron chi connectivity index (χ0n) is 8.43. The third-order valence-electron chi connectivity index (χ3n) is 1.56. The molecule has 0 saturated heterocycles. The Morgan fingerprint density at radius 3 is 2.33 bits per heavy atom. The third-order valence-corrected chi connectivity index (χ3v) is 2.36. The van der Waals surface area contributed by atoms with Gasteiger partial charge in [-0.2, -0.15) is 13.2 Å². The van der Waals surface area contributed by atoms with E-state index < -0.39 is 5.51 Å². The molecule has 0 bridgehead atoms. The van der Waals surface area contributed by atoms with E-state index in [0.29, 0.717) is 5.69 Å². The molecule has 0 heterocycles. The van der Waals surface area contributed by atoms with Crippen molar-refractivity contribution >= 4 is 17.4 Å². The first-order valence-electron chi connectivity index (χ1n) is 4.50. The zero-order chi connectivity index (χ0) is 11.5. The number of nitrogens with one attached hydrogen (secondary N) is 1. The molecule has 0 radical (unpaired) electrons. The van der Waals surface area contributed by atoms with Gasteiger partial charge in [0.05, 0.1) is 0 Å². The van der Waals surface area contributed by atoms with Crippen LogP contribution in [0.5, 0.6) is 0 Å². The average Bonchev–Trinajstić information content (AvgIpc) is 2.05. The summed E-state index contributed by atoms with van der Waals surface area (Å²) >= 11 is -0.0931. The lowest BCUT2D eigenvalue weighted by Gasteiger charge is -2.15. The topological polar surface area (TPSA) is 12.0 Å². The van der Waals surface area contributed by atoms with Crippen LogP contribution in [0.2, 0.25) is 0 Å². The summed E-state index contributed by atoms with van der Waals surface area (Å²) in [5.74, 6) is 0. The molecule has 1 nitrogen and oxygen atoms in total. The summed E-state index contributed by atoms with van der Waals surface area (Å²) in [4.78, 5) is 0.207. The Bertz CT molecular complexity index is 323. The summed E-state index contributed by atoms with van der Waals surface area (Å²) in [7, 11) is 0. The fourth-order valence-electron chi connectivity index (χ4n) is 1.11. The smallest absolute Gasteiger partial charge is 0.382 e. The van der Waals surface area contributed by atoms with Crippen LogP contribution in [-0.4, -0.2) is 11.6 Å². The predicted molar refractivity (Wildman–Crippen MR) is 57.1 cm³/mol. The molecular weight excluding hydrogens is 223 g/mol. The molecule has 0 fully saturated rings. The Hall–Kier alpha value is -0.840. The lowest BCUT2D eigenvalue weighted by atomic mass is 10.3. The number of rotatable bonds is 3. The van der Waals surface area contributed by atoms with E-state index in [1.165, 1.54) is 6.07 Å². The summed E-state index contributed by atoms with van der Waals surface area (Å²) < 4.78 is 36.6. The van der Waals surface area contributed by atoms with E-state index in [9.17, 15) is 13.2 Å². The molecule has 84 valence electrons. The molecule has 0 aromatic heterocycles. The summed E-state index contributed by atoms with van der Waals surface area (Å²) in [6.45, 7) is 3.77. The SMILES string of the molecule is CC(C)Nc1ccccc1SC(F)(F)F. The molecule has 5 heteroatoms. The number of benzene rings is 1. The summed E-state index contributed by atoms with van der Waals surface area (Å²) in [6, 6.07) is 6.53. The minimum Gasteiger partial charge on any atom is -0.382 e. The molecular formula is C10H12F3NS. The Morgan fingerprint density at radius 2 is 1.80 bits per heavy atom. The maximum absolute atomic E-state index is 12.2. The number of anilines is 1. The second-order valence-corrected chi connectivity index (χ2v) is 4.45. The summed E-state index contributed by atoms with van der Waals surface area (Å²) in [5.41, 5.74) is -3.72. The molecule has 1 rings (SSSR count). The molecule has 15 heavy (non-hydrogen) atoms. The van der Waals surface area contributed by atoms with Crippen LogP contribution in [0.4, 0.5) is 18.9 Å². The highest BCUT2D eigenvalue weighted by atomic mass is 32.2. The first-order valence-corrected chi connectivity index (χ1v) is 5.31. The minimum absolute atomic E-state index is 0.0931. The number of para-hydroxylation sites is 1. The Kier molecular flexibility index (Phi) is 3.90. The van der Waals surface area contributed by atoms with Gasteiger partial charge in [0.2, 0.25) is 0 Å². The van der Waals surface area contributed by atoms with Crippen LogP contribution in [0.3, 0.4) is 0 Å². The van der Waals surface area contributed by atoms with Gasteiger partial charge in [0.25, 0.3) is 0 Å². The monoisotopic (exact) mass is 235 g/mol. The molecule has 0 aliphatic carbocycles. The minimum atomic E-state index is -4.24. The van der Waals surface area contributed by atoms with E-state index in [0.717, 1.165) is 0 Å². The van der Waals surface area contributed by atoms with Crippen LogP contribution >= 0.6 is 11.8 Å². The molecule has 1 aromatic rings. The Morgan fingerprint density at radius 1 is 1.20 bits per heavy atom. The van der Waals surface area contributed by atoms with Crippen LogP contribution in [-0.2, 0) is 0 Å². The Balaban J connectivity index is 2.86. The van der Waals surface area contributed by atoms with Crippen molar-refractivity contribution in [2.24, 2.45) is 0 Å². The van der Waals surface area contributed by atoms with E-state index in [4.69, 9.17) is 0 Å². The summed E-state index contributed by atoms with van der Waals surface area (Å²) in [5, 5.41) is 2.98.